The summed E-state index contributed by atoms with van der Waals surface area (Å²) in [4.78, 5) is 43.3. The SMILES string of the molecule is C[C@H]1CN(C(=O)[C@H]2[C@H]3C[C@H](CN(Cc4cccn(C)c4=O)C3)c3cccc(=O)n32)CCO1. The Kier molecular flexibility index (Phi) is 5.51. The molecule has 2 saturated heterocycles. The molecule has 8 nitrogen and oxygen atoms in total. The van der Waals surface area contributed by atoms with Gasteiger partial charge in [-0.3, -0.25) is 23.9 Å². The van der Waals surface area contributed by atoms with Crippen LogP contribution in [0.25, 0.3) is 0 Å². The number of hydrogen-bond donors (Lipinski definition) is 0. The van der Waals surface area contributed by atoms with Gasteiger partial charge in [-0.15, -0.1) is 0 Å². The Balaban J connectivity index is 1.48. The van der Waals surface area contributed by atoms with Crippen molar-refractivity contribution in [2.75, 3.05) is 32.8 Å². The topological polar surface area (TPSA) is 76.8 Å². The van der Waals surface area contributed by atoms with Crippen molar-refractivity contribution in [1.82, 2.24) is 18.9 Å². The Bertz CT molecular complexity index is 1140. The third-order valence-electron chi connectivity index (χ3n) is 7.12. The third-order valence-corrected chi connectivity index (χ3v) is 7.12. The average molecular weight is 439 g/mol. The number of carbonyl (C=O) groups excluding carboxylic acids is 1. The lowest BCUT2D eigenvalue weighted by molar-refractivity contribution is -0.145. The van der Waals surface area contributed by atoms with Crippen molar-refractivity contribution in [1.29, 1.82) is 0 Å². The number of pyridine rings is 2. The summed E-state index contributed by atoms with van der Waals surface area (Å²) >= 11 is 0. The van der Waals surface area contributed by atoms with E-state index >= 15 is 0 Å². The number of carbonyl (C=O) groups is 1. The largest absolute Gasteiger partial charge is 0.375 e. The zero-order valence-electron chi connectivity index (χ0n) is 18.6. The van der Waals surface area contributed by atoms with Gasteiger partial charge in [-0.1, -0.05) is 12.1 Å². The van der Waals surface area contributed by atoms with Gasteiger partial charge >= 0.3 is 0 Å². The smallest absolute Gasteiger partial charge is 0.254 e. The lowest BCUT2D eigenvalue weighted by atomic mass is 9.77. The molecule has 0 aromatic carbocycles. The molecule has 0 N–H and O–H groups in total. The molecule has 1 amide bonds. The summed E-state index contributed by atoms with van der Waals surface area (Å²) in [7, 11) is 1.76. The zero-order chi connectivity index (χ0) is 22.4. The summed E-state index contributed by atoms with van der Waals surface area (Å²) in [5.74, 6) is 0.207. The Hall–Kier alpha value is -2.71. The van der Waals surface area contributed by atoms with Crippen LogP contribution in [0.4, 0.5) is 0 Å². The van der Waals surface area contributed by atoms with Crippen LogP contribution in [-0.2, 0) is 23.1 Å². The normalized spacial score (nSPS) is 27.8. The van der Waals surface area contributed by atoms with Crippen molar-refractivity contribution >= 4 is 5.91 Å². The number of aromatic nitrogens is 2. The number of morpholine rings is 1. The van der Waals surface area contributed by atoms with Crippen molar-refractivity contribution < 1.29 is 9.53 Å². The van der Waals surface area contributed by atoms with Crippen LogP contribution >= 0.6 is 0 Å². The second-order valence-electron chi connectivity index (χ2n) is 9.41. The molecule has 8 heteroatoms. The monoisotopic (exact) mass is 438 g/mol. The van der Waals surface area contributed by atoms with Crippen molar-refractivity contribution in [2.45, 2.75) is 38.0 Å². The van der Waals surface area contributed by atoms with Crippen LogP contribution < -0.4 is 11.1 Å². The van der Waals surface area contributed by atoms with Gasteiger partial charge in [-0.05, 0) is 25.5 Å². The highest BCUT2D eigenvalue weighted by Gasteiger charge is 2.45. The van der Waals surface area contributed by atoms with E-state index in [9.17, 15) is 14.4 Å². The van der Waals surface area contributed by atoms with Crippen LogP contribution in [0, 0.1) is 5.92 Å². The molecule has 2 fully saturated rings. The van der Waals surface area contributed by atoms with E-state index in [1.807, 2.05) is 30.0 Å². The molecule has 170 valence electrons. The maximum absolute atomic E-state index is 13.7. The summed E-state index contributed by atoms with van der Waals surface area (Å²) in [6.07, 6.45) is 2.63. The van der Waals surface area contributed by atoms with Gasteiger partial charge in [0.15, 0.2) is 0 Å². The molecule has 2 aromatic rings. The summed E-state index contributed by atoms with van der Waals surface area (Å²) in [5, 5.41) is 0. The molecule has 3 aliphatic rings. The number of nitrogens with zero attached hydrogens (tertiary/aromatic N) is 4. The van der Waals surface area contributed by atoms with E-state index in [1.54, 1.807) is 34.5 Å². The summed E-state index contributed by atoms with van der Waals surface area (Å²) in [6, 6.07) is 8.58. The van der Waals surface area contributed by atoms with Crippen LogP contribution in [0.1, 0.15) is 36.6 Å². The standard InChI is InChI=1S/C24H30N4O4/c1-16-12-27(9-10-32-16)24(31)22-19-11-18(20-6-3-7-21(29)28(20)22)14-26(15-19)13-17-5-4-8-25(2)23(17)30/h3-8,16,18-19,22H,9-15H2,1-2H3/t16-,18+,19-,22+/m0/s1. The van der Waals surface area contributed by atoms with Crippen LogP contribution in [0.3, 0.4) is 0 Å². The molecule has 5 rings (SSSR count). The van der Waals surface area contributed by atoms with Crippen molar-refractivity contribution in [3.63, 3.8) is 0 Å². The molecule has 32 heavy (non-hydrogen) atoms. The molecule has 2 bridgehead atoms. The lowest BCUT2D eigenvalue weighted by Gasteiger charge is -2.47. The number of likely N-dealkylation sites (tertiary alicyclic amines) is 1. The van der Waals surface area contributed by atoms with E-state index in [0.717, 1.165) is 24.2 Å². The second-order valence-corrected chi connectivity index (χ2v) is 9.41. The van der Waals surface area contributed by atoms with Crippen molar-refractivity contribution in [3.05, 3.63) is 68.5 Å². The fourth-order valence-electron chi connectivity index (χ4n) is 5.70. The minimum Gasteiger partial charge on any atom is -0.375 e. The predicted molar refractivity (Wildman–Crippen MR) is 120 cm³/mol. The summed E-state index contributed by atoms with van der Waals surface area (Å²) in [6.45, 7) is 5.60. The van der Waals surface area contributed by atoms with Gasteiger partial charge in [0.2, 0.25) is 5.91 Å². The maximum atomic E-state index is 13.7. The van der Waals surface area contributed by atoms with Gasteiger partial charge in [0, 0.05) is 75.1 Å². The highest BCUT2D eigenvalue weighted by molar-refractivity contribution is 5.81. The first-order chi connectivity index (χ1) is 15.4. The Labute approximate surface area is 187 Å². The molecular weight excluding hydrogens is 408 g/mol. The fourth-order valence-corrected chi connectivity index (χ4v) is 5.70. The number of hydrogen-bond acceptors (Lipinski definition) is 5. The lowest BCUT2D eigenvalue weighted by Crippen LogP contribution is -2.55. The van der Waals surface area contributed by atoms with E-state index in [4.69, 9.17) is 4.74 Å². The Morgan fingerprint density at radius 1 is 1.12 bits per heavy atom. The van der Waals surface area contributed by atoms with Crippen LogP contribution in [0.15, 0.2) is 46.1 Å². The maximum Gasteiger partial charge on any atom is 0.254 e. The van der Waals surface area contributed by atoms with E-state index in [1.165, 1.54) is 0 Å². The minimum atomic E-state index is -0.512. The first-order valence-corrected chi connectivity index (χ1v) is 11.4. The molecule has 0 aliphatic carbocycles. The quantitative estimate of drug-likeness (QED) is 0.713. The van der Waals surface area contributed by atoms with Gasteiger partial charge in [0.25, 0.3) is 11.1 Å². The molecular formula is C24H30N4O4. The molecule has 5 heterocycles. The van der Waals surface area contributed by atoms with Crippen LogP contribution in [0.5, 0.6) is 0 Å². The minimum absolute atomic E-state index is 0.00634. The summed E-state index contributed by atoms with van der Waals surface area (Å²) in [5.41, 5.74) is 1.58. The van der Waals surface area contributed by atoms with Crippen molar-refractivity contribution in [2.24, 2.45) is 13.0 Å². The van der Waals surface area contributed by atoms with Crippen LogP contribution in [-0.4, -0.2) is 63.7 Å². The number of piperidine rings is 1. The fraction of sp³-hybridized carbons (Fsp3) is 0.542. The third kappa shape index (κ3) is 3.71. The number of aryl methyl sites for hydroxylation is 1. The van der Waals surface area contributed by atoms with E-state index in [0.29, 0.717) is 32.8 Å². The number of ether oxygens (including phenoxy) is 1. The average Bonchev–Trinajstić information content (AvgIpc) is 2.77. The van der Waals surface area contributed by atoms with E-state index in [-0.39, 0.29) is 35.0 Å². The first-order valence-electron chi connectivity index (χ1n) is 11.4. The molecule has 4 atom stereocenters. The number of rotatable bonds is 3. The highest BCUT2D eigenvalue weighted by Crippen LogP contribution is 2.42. The molecule has 2 aromatic heterocycles. The number of fused-ring (bicyclic) bond motifs is 4. The van der Waals surface area contributed by atoms with Gasteiger partial charge < -0.3 is 14.2 Å². The van der Waals surface area contributed by atoms with Gasteiger partial charge in [-0.2, -0.15) is 0 Å². The van der Waals surface area contributed by atoms with Gasteiger partial charge in [-0.25, -0.2) is 0 Å². The molecule has 0 saturated carbocycles. The Morgan fingerprint density at radius 3 is 2.78 bits per heavy atom. The summed E-state index contributed by atoms with van der Waals surface area (Å²) < 4.78 is 8.97. The van der Waals surface area contributed by atoms with Crippen LogP contribution in [0.2, 0.25) is 0 Å². The first kappa shape index (κ1) is 21.2. The molecule has 3 aliphatic heterocycles. The molecule has 0 radical (unpaired) electrons. The molecule has 0 unspecified atom stereocenters. The Morgan fingerprint density at radius 2 is 1.97 bits per heavy atom. The highest BCUT2D eigenvalue weighted by atomic mass is 16.5. The van der Waals surface area contributed by atoms with E-state index in [2.05, 4.69) is 4.90 Å². The van der Waals surface area contributed by atoms with Gasteiger partial charge in [0.05, 0.1) is 12.7 Å². The second kappa shape index (κ2) is 8.33. The zero-order valence-corrected chi connectivity index (χ0v) is 18.6. The number of amides is 1. The van der Waals surface area contributed by atoms with E-state index < -0.39 is 6.04 Å². The van der Waals surface area contributed by atoms with Gasteiger partial charge in [0.1, 0.15) is 6.04 Å². The molecule has 0 spiro atoms. The van der Waals surface area contributed by atoms with Crippen molar-refractivity contribution in [3.8, 4) is 0 Å². The predicted octanol–water partition coefficient (Wildman–Crippen LogP) is 0.955.